The van der Waals surface area contributed by atoms with Crippen LogP contribution in [0.15, 0.2) is 0 Å². The standard InChI is InChI=1S/C16H29NO2/c1-2-7-17-15(10-12-5-8-18-9-6-12)14-11-13-3-4-16(14)19-13/h12-17H,2-11H2,1H3. The largest absolute Gasteiger partial charge is 0.381 e. The van der Waals surface area contributed by atoms with Gasteiger partial charge in [0.15, 0.2) is 0 Å². The molecule has 0 amide bonds. The molecule has 3 heterocycles. The highest BCUT2D eigenvalue weighted by Crippen LogP contribution is 2.42. The molecule has 3 nitrogen and oxygen atoms in total. The number of ether oxygens (including phenoxy) is 2. The maximum absolute atomic E-state index is 6.07. The number of hydrogen-bond acceptors (Lipinski definition) is 3. The van der Waals surface area contributed by atoms with Crippen LogP contribution in [0.2, 0.25) is 0 Å². The zero-order valence-electron chi connectivity index (χ0n) is 12.3. The van der Waals surface area contributed by atoms with Gasteiger partial charge in [-0.1, -0.05) is 6.92 Å². The fourth-order valence-corrected chi connectivity index (χ4v) is 4.18. The third kappa shape index (κ3) is 3.32. The van der Waals surface area contributed by atoms with Gasteiger partial charge in [0.05, 0.1) is 12.2 Å². The summed E-state index contributed by atoms with van der Waals surface area (Å²) in [6, 6.07) is 0.679. The van der Waals surface area contributed by atoms with Crippen molar-refractivity contribution in [3.63, 3.8) is 0 Å². The Kier molecular flexibility index (Phi) is 4.78. The molecule has 3 saturated heterocycles. The van der Waals surface area contributed by atoms with E-state index < -0.39 is 0 Å². The Labute approximate surface area is 117 Å². The molecule has 3 rings (SSSR count). The zero-order chi connectivity index (χ0) is 13.1. The van der Waals surface area contributed by atoms with Crippen molar-refractivity contribution in [1.82, 2.24) is 5.32 Å². The van der Waals surface area contributed by atoms with Gasteiger partial charge in [0.25, 0.3) is 0 Å². The molecule has 2 bridgehead atoms. The Morgan fingerprint density at radius 2 is 2.00 bits per heavy atom. The average Bonchev–Trinajstić information content (AvgIpc) is 3.07. The molecule has 0 spiro atoms. The van der Waals surface area contributed by atoms with E-state index in [2.05, 4.69) is 12.2 Å². The van der Waals surface area contributed by atoms with E-state index in [0.29, 0.717) is 18.2 Å². The monoisotopic (exact) mass is 267 g/mol. The van der Waals surface area contributed by atoms with Gasteiger partial charge < -0.3 is 14.8 Å². The molecule has 0 saturated carbocycles. The van der Waals surface area contributed by atoms with Gasteiger partial charge >= 0.3 is 0 Å². The summed E-state index contributed by atoms with van der Waals surface area (Å²) in [5.74, 6) is 1.63. The van der Waals surface area contributed by atoms with Crippen LogP contribution in [-0.2, 0) is 9.47 Å². The second kappa shape index (κ2) is 6.55. The predicted molar refractivity (Wildman–Crippen MR) is 76.2 cm³/mol. The molecule has 110 valence electrons. The van der Waals surface area contributed by atoms with E-state index in [9.17, 15) is 0 Å². The minimum atomic E-state index is 0.555. The fourth-order valence-electron chi connectivity index (χ4n) is 4.18. The van der Waals surface area contributed by atoms with Crippen LogP contribution in [0.5, 0.6) is 0 Å². The Hall–Kier alpha value is -0.120. The molecule has 3 fully saturated rings. The number of fused-ring (bicyclic) bond motifs is 2. The third-order valence-corrected chi connectivity index (χ3v) is 5.25. The van der Waals surface area contributed by atoms with Crippen LogP contribution < -0.4 is 5.32 Å². The van der Waals surface area contributed by atoms with Crippen LogP contribution in [0.25, 0.3) is 0 Å². The van der Waals surface area contributed by atoms with Crippen LogP contribution in [-0.4, -0.2) is 38.0 Å². The van der Waals surface area contributed by atoms with Crippen LogP contribution in [0, 0.1) is 11.8 Å². The van der Waals surface area contributed by atoms with E-state index in [4.69, 9.17) is 9.47 Å². The Bertz CT molecular complexity index is 278. The van der Waals surface area contributed by atoms with E-state index in [1.165, 1.54) is 44.9 Å². The molecule has 3 aliphatic heterocycles. The first-order valence-electron chi connectivity index (χ1n) is 8.33. The van der Waals surface area contributed by atoms with Gasteiger partial charge in [-0.15, -0.1) is 0 Å². The Morgan fingerprint density at radius 1 is 1.16 bits per heavy atom. The summed E-state index contributed by atoms with van der Waals surface area (Å²) in [6.07, 6.45) is 10.1. The highest BCUT2D eigenvalue weighted by molar-refractivity contribution is 4.96. The van der Waals surface area contributed by atoms with Gasteiger partial charge in [0.2, 0.25) is 0 Å². The summed E-state index contributed by atoms with van der Waals surface area (Å²) >= 11 is 0. The summed E-state index contributed by atoms with van der Waals surface area (Å²) < 4.78 is 11.6. The highest BCUT2D eigenvalue weighted by Gasteiger charge is 2.44. The smallest absolute Gasteiger partial charge is 0.0623 e. The van der Waals surface area contributed by atoms with Crippen LogP contribution in [0.1, 0.15) is 51.9 Å². The van der Waals surface area contributed by atoms with Gasteiger partial charge in [0, 0.05) is 25.2 Å². The normalized spacial score (nSPS) is 36.8. The van der Waals surface area contributed by atoms with E-state index in [1.807, 2.05) is 0 Å². The van der Waals surface area contributed by atoms with Crippen LogP contribution >= 0.6 is 0 Å². The first-order chi connectivity index (χ1) is 9.36. The van der Waals surface area contributed by atoms with E-state index >= 15 is 0 Å². The van der Waals surface area contributed by atoms with Crippen molar-refractivity contribution in [2.24, 2.45) is 11.8 Å². The van der Waals surface area contributed by atoms with Crippen molar-refractivity contribution in [2.75, 3.05) is 19.8 Å². The van der Waals surface area contributed by atoms with Gasteiger partial charge in [0.1, 0.15) is 0 Å². The molecule has 0 aromatic rings. The van der Waals surface area contributed by atoms with E-state index in [-0.39, 0.29) is 0 Å². The topological polar surface area (TPSA) is 30.5 Å². The summed E-state index contributed by atoms with van der Waals surface area (Å²) in [4.78, 5) is 0. The van der Waals surface area contributed by atoms with Crippen molar-refractivity contribution in [3.8, 4) is 0 Å². The van der Waals surface area contributed by atoms with Gasteiger partial charge in [-0.3, -0.25) is 0 Å². The maximum atomic E-state index is 6.07. The lowest BCUT2D eigenvalue weighted by atomic mass is 9.79. The molecule has 0 aromatic carbocycles. The Morgan fingerprint density at radius 3 is 2.63 bits per heavy atom. The first kappa shape index (κ1) is 13.8. The quantitative estimate of drug-likeness (QED) is 0.802. The van der Waals surface area contributed by atoms with Crippen molar-refractivity contribution in [2.45, 2.75) is 70.1 Å². The minimum absolute atomic E-state index is 0.555. The molecular weight excluding hydrogens is 238 g/mol. The lowest BCUT2D eigenvalue weighted by molar-refractivity contribution is 0.0515. The SMILES string of the molecule is CCCNC(CC1CCOCC1)C1CC2CCC1O2. The number of rotatable bonds is 6. The summed E-state index contributed by atoms with van der Waals surface area (Å²) in [7, 11) is 0. The van der Waals surface area contributed by atoms with Crippen molar-refractivity contribution >= 4 is 0 Å². The molecule has 19 heavy (non-hydrogen) atoms. The van der Waals surface area contributed by atoms with Gasteiger partial charge in [-0.25, -0.2) is 0 Å². The van der Waals surface area contributed by atoms with Crippen molar-refractivity contribution < 1.29 is 9.47 Å². The molecule has 4 atom stereocenters. The van der Waals surface area contributed by atoms with E-state index in [0.717, 1.165) is 31.6 Å². The molecular formula is C16H29NO2. The third-order valence-electron chi connectivity index (χ3n) is 5.25. The summed E-state index contributed by atoms with van der Waals surface area (Å²) in [5, 5.41) is 3.82. The number of hydrogen-bond donors (Lipinski definition) is 1. The highest BCUT2D eigenvalue weighted by atomic mass is 16.5. The molecule has 1 N–H and O–H groups in total. The average molecular weight is 267 g/mol. The second-order valence-corrected chi connectivity index (χ2v) is 6.63. The summed E-state index contributed by atoms with van der Waals surface area (Å²) in [5.41, 5.74) is 0. The number of nitrogens with one attached hydrogen (secondary N) is 1. The molecule has 0 aromatic heterocycles. The lowest BCUT2D eigenvalue weighted by Crippen LogP contribution is -2.43. The molecule has 3 aliphatic rings. The van der Waals surface area contributed by atoms with Gasteiger partial charge in [-0.2, -0.15) is 0 Å². The van der Waals surface area contributed by atoms with Crippen LogP contribution in [0.3, 0.4) is 0 Å². The van der Waals surface area contributed by atoms with Gasteiger partial charge in [-0.05, 0) is 57.4 Å². The van der Waals surface area contributed by atoms with Crippen molar-refractivity contribution in [3.05, 3.63) is 0 Å². The van der Waals surface area contributed by atoms with Crippen molar-refractivity contribution in [1.29, 1.82) is 0 Å². The molecule has 3 heteroatoms. The molecule has 4 unspecified atom stereocenters. The lowest BCUT2D eigenvalue weighted by Gasteiger charge is -2.33. The zero-order valence-corrected chi connectivity index (χ0v) is 12.3. The van der Waals surface area contributed by atoms with E-state index in [1.54, 1.807) is 0 Å². The first-order valence-corrected chi connectivity index (χ1v) is 8.33. The fraction of sp³-hybridized carbons (Fsp3) is 1.00. The predicted octanol–water partition coefficient (Wildman–Crippen LogP) is 2.74. The summed E-state index contributed by atoms with van der Waals surface area (Å²) in [6.45, 7) is 5.36. The van der Waals surface area contributed by atoms with Crippen LogP contribution in [0.4, 0.5) is 0 Å². The maximum Gasteiger partial charge on any atom is 0.0623 e. The molecule has 0 radical (unpaired) electrons. The Balaban J connectivity index is 1.56. The molecule has 0 aliphatic carbocycles. The minimum Gasteiger partial charge on any atom is -0.381 e. The second-order valence-electron chi connectivity index (χ2n) is 6.63.